The zero-order valence-corrected chi connectivity index (χ0v) is 13.7. The Bertz CT molecular complexity index is 665. The van der Waals surface area contributed by atoms with Crippen molar-refractivity contribution in [1.29, 1.82) is 0 Å². The normalized spacial score (nSPS) is 26.7. The minimum absolute atomic E-state index is 0.0303. The van der Waals surface area contributed by atoms with E-state index in [1.54, 1.807) is 4.90 Å². The van der Waals surface area contributed by atoms with Gasteiger partial charge in [0.2, 0.25) is 11.8 Å². The zero-order chi connectivity index (χ0) is 17.4. The van der Waals surface area contributed by atoms with Crippen LogP contribution in [0.3, 0.4) is 0 Å². The summed E-state index contributed by atoms with van der Waals surface area (Å²) >= 11 is 0. The predicted molar refractivity (Wildman–Crippen MR) is 83.9 cm³/mol. The Morgan fingerprint density at radius 3 is 2.75 bits per heavy atom. The Hall–Kier alpha value is -2.02. The molecule has 0 spiro atoms. The first-order valence-electron chi connectivity index (χ1n) is 8.15. The summed E-state index contributed by atoms with van der Waals surface area (Å²) in [6.45, 7) is 4.43. The quantitative estimate of drug-likeness (QED) is 0.867. The van der Waals surface area contributed by atoms with Gasteiger partial charge in [0.15, 0.2) is 0 Å². The van der Waals surface area contributed by atoms with Gasteiger partial charge in [-0.2, -0.15) is 0 Å². The van der Waals surface area contributed by atoms with Crippen molar-refractivity contribution in [3.8, 4) is 0 Å². The molecule has 3 rings (SSSR count). The number of rotatable bonds is 4. The minimum atomic E-state index is -0.615. The summed E-state index contributed by atoms with van der Waals surface area (Å²) in [7, 11) is 0. The number of carbonyl (C=O) groups excluding carboxylic acids is 2. The van der Waals surface area contributed by atoms with Crippen molar-refractivity contribution in [3.05, 3.63) is 35.4 Å². The Kier molecular flexibility index (Phi) is 4.54. The van der Waals surface area contributed by atoms with Crippen LogP contribution in [0.25, 0.3) is 0 Å². The van der Waals surface area contributed by atoms with Gasteiger partial charge in [0, 0.05) is 30.8 Å². The van der Waals surface area contributed by atoms with Gasteiger partial charge in [0.25, 0.3) is 0 Å². The molecular weight excluding hydrogens is 316 g/mol. The molecule has 2 amide bonds. The van der Waals surface area contributed by atoms with Crippen LogP contribution in [-0.4, -0.2) is 41.4 Å². The molecule has 5 nitrogen and oxygen atoms in total. The number of fused-ring (bicyclic) bond motifs is 1. The molecule has 2 N–H and O–H groups in total. The van der Waals surface area contributed by atoms with Crippen molar-refractivity contribution in [3.63, 3.8) is 0 Å². The van der Waals surface area contributed by atoms with Crippen molar-refractivity contribution < 1.29 is 18.4 Å². The number of piperazine rings is 1. The van der Waals surface area contributed by atoms with E-state index in [1.165, 1.54) is 12.1 Å². The highest BCUT2D eigenvalue weighted by Crippen LogP contribution is 2.25. The lowest BCUT2D eigenvalue weighted by Crippen LogP contribution is -2.62. The fourth-order valence-electron chi connectivity index (χ4n) is 3.34. The Balaban J connectivity index is 1.64. The number of hydrogen-bond acceptors (Lipinski definition) is 3. The topological polar surface area (TPSA) is 61.4 Å². The molecule has 2 saturated heterocycles. The minimum Gasteiger partial charge on any atom is -0.342 e. The van der Waals surface area contributed by atoms with Gasteiger partial charge in [-0.25, -0.2) is 8.78 Å². The van der Waals surface area contributed by atoms with Crippen LogP contribution in [0.15, 0.2) is 18.2 Å². The van der Waals surface area contributed by atoms with Crippen LogP contribution in [0.4, 0.5) is 8.78 Å². The molecule has 130 valence electrons. The lowest BCUT2D eigenvalue weighted by Gasteiger charge is -2.36. The SMILES string of the molecule is CC(C)[C@@H]1NC(=O)[C@@H]2C[C@H](NCc3ccc(F)cc3F)CN2C1=O. The first-order valence-corrected chi connectivity index (χ1v) is 8.15. The molecule has 0 radical (unpaired) electrons. The molecule has 0 aliphatic carbocycles. The van der Waals surface area contributed by atoms with E-state index in [9.17, 15) is 18.4 Å². The summed E-state index contributed by atoms with van der Waals surface area (Å²) in [5, 5.41) is 5.95. The van der Waals surface area contributed by atoms with Gasteiger partial charge in [-0.1, -0.05) is 19.9 Å². The molecule has 0 unspecified atom stereocenters. The van der Waals surface area contributed by atoms with Gasteiger partial charge in [0.1, 0.15) is 23.7 Å². The van der Waals surface area contributed by atoms with Gasteiger partial charge in [-0.05, 0) is 18.4 Å². The highest BCUT2D eigenvalue weighted by Gasteiger charge is 2.46. The average molecular weight is 337 g/mol. The Labute approximate surface area is 139 Å². The van der Waals surface area contributed by atoms with Crippen LogP contribution in [-0.2, 0) is 16.1 Å². The van der Waals surface area contributed by atoms with Crippen molar-refractivity contribution in [2.45, 2.75) is 44.9 Å². The maximum atomic E-state index is 13.7. The molecule has 2 heterocycles. The molecule has 0 aromatic heterocycles. The van der Waals surface area contributed by atoms with Crippen LogP contribution in [0.1, 0.15) is 25.8 Å². The van der Waals surface area contributed by atoms with Crippen molar-refractivity contribution in [1.82, 2.24) is 15.5 Å². The van der Waals surface area contributed by atoms with E-state index in [-0.39, 0.29) is 30.3 Å². The van der Waals surface area contributed by atoms with Crippen LogP contribution >= 0.6 is 0 Å². The average Bonchev–Trinajstić information content (AvgIpc) is 2.95. The molecular formula is C17H21F2N3O2. The van der Waals surface area contributed by atoms with E-state index in [4.69, 9.17) is 0 Å². The smallest absolute Gasteiger partial charge is 0.246 e. The van der Waals surface area contributed by atoms with Crippen LogP contribution in [0, 0.1) is 17.6 Å². The molecule has 7 heteroatoms. The summed E-state index contributed by atoms with van der Waals surface area (Å²) < 4.78 is 26.6. The molecule has 1 aromatic rings. The standard InChI is InChI=1S/C17H21F2N3O2/c1-9(2)15-17(24)22-8-12(6-14(22)16(23)21-15)20-7-10-3-4-11(18)5-13(10)19/h3-5,9,12,14-15,20H,6-8H2,1-2H3,(H,21,23)/t12-,14-,15-/m0/s1. The Morgan fingerprint density at radius 2 is 2.08 bits per heavy atom. The molecule has 0 bridgehead atoms. The summed E-state index contributed by atoms with van der Waals surface area (Å²) in [5.41, 5.74) is 0.358. The molecule has 2 aliphatic rings. The number of benzene rings is 1. The van der Waals surface area contributed by atoms with Crippen LogP contribution in [0.2, 0.25) is 0 Å². The fourth-order valence-corrected chi connectivity index (χ4v) is 3.34. The van der Waals surface area contributed by atoms with E-state index in [0.29, 0.717) is 18.5 Å². The van der Waals surface area contributed by atoms with E-state index < -0.39 is 23.7 Å². The first-order chi connectivity index (χ1) is 11.4. The summed E-state index contributed by atoms with van der Waals surface area (Å²) in [4.78, 5) is 26.3. The van der Waals surface area contributed by atoms with Crippen molar-refractivity contribution in [2.24, 2.45) is 5.92 Å². The first kappa shape index (κ1) is 16.8. The molecule has 2 aliphatic heterocycles. The zero-order valence-electron chi connectivity index (χ0n) is 13.7. The Morgan fingerprint density at radius 1 is 1.33 bits per heavy atom. The monoisotopic (exact) mass is 337 g/mol. The van der Waals surface area contributed by atoms with Crippen molar-refractivity contribution >= 4 is 11.8 Å². The predicted octanol–water partition coefficient (Wildman–Crippen LogP) is 1.18. The lowest BCUT2D eigenvalue weighted by atomic mass is 9.98. The third-order valence-corrected chi connectivity index (χ3v) is 4.71. The molecule has 0 saturated carbocycles. The third-order valence-electron chi connectivity index (χ3n) is 4.71. The maximum absolute atomic E-state index is 13.7. The number of carbonyl (C=O) groups is 2. The van der Waals surface area contributed by atoms with Crippen molar-refractivity contribution in [2.75, 3.05) is 6.54 Å². The van der Waals surface area contributed by atoms with Gasteiger partial charge >= 0.3 is 0 Å². The third kappa shape index (κ3) is 3.13. The highest BCUT2D eigenvalue weighted by atomic mass is 19.1. The second kappa shape index (κ2) is 6.47. The maximum Gasteiger partial charge on any atom is 0.246 e. The highest BCUT2D eigenvalue weighted by molar-refractivity contribution is 5.97. The van der Waals surface area contributed by atoms with Gasteiger partial charge in [-0.3, -0.25) is 9.59 Å². The van der Waals surface area contributed by atoms with E-state index >= 15 is 0 Å². The van der Waals surface area contributed by atoms with Gasteiger partial charge in [-0.15, -0.1) is 0 Å². The molecule has 3 atom stereocenters. The number of hydrogen-bond donors (Lipinski definition) is 2. The number of nitrogens with one attached hydrogen (secondary N) is 2. The number of halogens is 2. The largest absolute Gasteiger partial charge is 0.342 e. The van der Waals surface area contributed by atoms with Crippen LogP contribution < -0.4 is 10.6 Å². The van der Waals surface area contributed by atoms with E-state index in [0.717, 1.165) is 6.07 Å². The molecule has 2 fully saturated rings. The fraction of sp³-hybridized carbons (Fsp3) is 0.529. The molecule has 24 heavy (non-hydrogen) atoms. The van der Waals surface area contributed by atoms with Gasteiger partial charge in [0.05, 0.1) is 0 Å². The molecule has 1 aromatic carbocycles. The number of amides is 2. The number of nitrogens with zero attached hydrogens (tertiary/aromatic N) is 1. The summed E-state index contributed by atoms with van der Waals surface area (Å²) in [5.74, 6) is -1.39. The second-order valence-corrected chi connectivity index (χ2v) is 6.79. The van der Waals surface area contributed by atoms with E-state index in [1.807, 2.05) is 13.8 Å². The lowest BCUT2D eigenvalue weighted by molar-refractivity contribution is -0.148. The summed E-state index contributed by atoms with van der Waals surface area (Å²) in [6, 6.07) is 2.40. The summed E-state index contributed by atoms with van der Waals surface area (Å²) in [6.07, 6.45) is 0.491. The van der Waals surface area contributed by atoms with E-state index in [2.05, 4.69) is 10.6 Å². The van der Waals surface area contributed by atoms with Gasteiger partial charge < -0.3 is 15.5 Å². The van der Waals surface area contributed by atoms with Crippen LogP contribution in [0.5, 0.6) is 0 Å². The second-order valence-electron chi connectivity index (χ2n) is 6.79.